The number of aliphatic hydroxyl groups is 2. The van der Waals surface area contributed by atoms with Crippen molar-refractivity contribution in [3.8, 4) is 34.4 Å². The van der Waals surface area contributed by atoms with Gasteiger partial charge in [0.25, 0.3) is 0 Å². The van der Waals surface area contributed by atoms with Crippen molar-refractivity contribution in [3.63, 3.8) is 0 Å². The number of thioether (sulfide) groups is 1. The summed E-state index contributed by atoms with van der Waals surface area (Å²) in [6, 6.07) is 16.1. The molecule has 0 saturated heterocycles. The van der Waals surface area contributed by atoms with Crippen molar-refractivity contribution in [2.45, 2.75) is 30.2 Å². The lowest BCUT2D eigenvalue weighted by molar-refractivity contribution is 0.0536. The second-order valence-corrected chi connectivity index (χ2v) is 9.73. The standard InChI is InChI=1S/C28H24ClN5O4S/c1-3-23-22(33-27(38-23)17-4-8-18(29)9-5-17)15-39-28-21(12-30)24(25(32-2)26(31)34-28)16-6-10-20(11-7-16)37-14-19(36)13-35/h4-11,19,35-36H,3,13-15H2,1H3,(H2,31,34)/t19-/m0/s1. The first-order valence-electron chi connectivity index (χ1n) is 11.9. The first-order valence-corrected chi connectivity index (χ1v) is 13.2. The highest BCUT2D eigenvalue weighted by Gasteiger charge is 2.22. The van der Waals surface area contributed by atoms with E-state index in [1.165, 1.54) is 11.8 Å². The second-order valence-electron chi connectivity index (χ2n) is 8.33. The number of hydrogen-bond acceptors (Lipinski definition) is 9. The van der Waals surface area contributed by atoms with Gasteiger partial charge in [-0.1, -0.05) is 42.4 Å². The Labute approximate surface area is 234 Å². The molecule has 2 heterocycles. The highest BCUT2D eigenvalue weighted by Crippen LogP contribution is 2.42. The van der Waals surface area contributed by atoms with Crippen molar-refractivity contribution in [2.75, 3.05) is 18.9 Å². The van der Waals surface area contributed by atoms with Crippen LogP contribution in [0, 0.1) is 17.9 Å². The van der Waals surface area contributed by atoms with Crippen LogP contribution in [0.5, 0.6) is 5.75 Å². The van der Waals surface area contributed by atoms with E-state index >= 15 is 0 Å². The summed E-state index contributed by atoms with van der Waals surface area (Å²) >= 11 is 7.29. The smallest absolute Gasteiger partial charge is 0.236 e. The molecule has 0 unspecified atom stereocenters. The van der Waals surface area contributed by atoms with Crippen molar-refractivity contribution < 1.29 is 19.4 Å². The van der Waals surface area contributed by atoms with E-state index < -0.39 is 12.7 Å². The minimum absolute atomic E-state index is 0.0191. The predicted octanol–water partition coefficient (Wildman–Crippen LogP) is 5.65. The van der Waals surface area contributed by atoms with E-state index in [9.17, 15) is 10.4 Å². The fraction of sp³-hybridized carbons (Fsp3) is 0.214. The van der Waals surface area contributed by atoms with Gasteiger partial charge in [0.05, 0.1) is 24.4 Å². The van der Waals surface area contributed by atoms with Crippen LogP contribution in [-0.4, -0.2) is 39.5 Å². The van der Waals surface area contributed by atoms with Crippen molar-refractivity contribution in [3.05, 3.63) is 82.0 Å². The number of benzene rings is 2. The van der Waals surface area contributed by atoms with Gasteiger partial charge in [0.2, 0.25) is 11.6 Å². The Morgan fingerprint density at radius 2 is 1.87 bits per heavy atom. The van der Waals surface area contributed by atoms with Gasteiger partial charge in [-0.3, -0.25) is 0 Å². The molecular weight excluding hydrogens is 538 g/mol. The highest BCUT2D eigenvalue weighted by atomic mass is 35.5. The largest absolute Gasteiger partial charge is 0.491 e. The van der Waals surface area contributed by atoms with Crippen LogP contribution in [0.4, 0.5) is 11.5 Å². The Morgan fingerprint density at radius 1 is 1.18 bits per heavy atom. The molecule has 11 heteroatoms. The topological polar surface area (TPSA) is 143 Å². The predicted molar refractivity (Wildman–Crippen MR) is 150 cm³/mol. The number of aryl methyl sites for hydroxylation is 1. The zero-order chi connectivity index (χ0) is 27.9. The Kier molecular flexibility index (Phi) is 9.07. The Hall–Kier alpha value is -4.06. The molecular formula is C28H24ClN5O4S. The molecule has 4 rings (SSSR count). The average Bonchev–Trinajstić information content (AvgIpc) is 3.38. The van der Waals surface area contributed by atoms with E-state index in [0.717, 1.165) is 17.0 Å². The Balaban J connectivity index is 1.65. The summed E-state index contributed by atoms with van der Waals surface area (Å²) in [4.78, 5) is 12.6. The van der Waals surface area contributed by atoms with Crippen LogP contribution in [0.2, 0.25) is 5.02 Å². The molecule has 2 aromatic carbocycles. The quantitative estimate of drug-likeness (QED) is 0.165. The summed E-state index contributed by atoms with van der Waals surface area (Å²) in [6.45, 7) is 9.15. The molecule has 0 radical (unpaired) electrons. The number of aromatic nitrogens is 2. The summed E-state index contributed by atoms with van der Waals surface area (Å²) < 4.78 is 11.4. The maximum Gasteiger partial charge on any atom is 0.236 e. The van der Waals surface area contributed by atoms with Crippen LogP contribution in [0.3, 0.4) is 0 Å². The van der Waals surface area contributed by atoms with Gasteiger partial charge >= 0.3 is 0 Å². The van der Waals surface area contributed by atoms with Gasteiger partial charge < -0.3 is 25.1 Å². The molecule has 4 N–H and O–H groups in total. The normalized spacial score (nSPS) is 11.5. The van der Waals surface area contributed by atoms with E-state index in [4.69, 9.17) is 38.2 Å². The maximum absolute atomic E-state index is 10.1. The van der Waals surface area contributed by atoms with Gasteiger partial charge in [-0.05, 0) is 42.0 Å². The lowest BCUT2D eigenvalue weighted by Crippen LogP contribution is -2.21. The summed E-state index contributed by atoms with van der Waals surface area (Å²) in [7, 11) is 0. The molecule has 0 spiro atoms. The fourth-order valence-corrected chi connectivity index (χ4v) is 4.84. The third-order valence-electron chi connectivity index (χ3n) is 5.72. The van der Waals surface area contributed by atoms with Crippen molar-refractivity contribution in [1.29, 1.82) is 5.26 Å². The number of nitriles is 1. The number of nitrogens with two attached hydrogens (primary N) is 1. The molecule has 0 aliphatic heterocycles. The molecule has 39 heavy (non-hydrogen) atoms. The van der Waals surface area contributed by atoms with Crippen LogP contribution in [0.25, 0.3) is 27.4 Å². The van der Waals surface area contributed by atoms with Crippen molar-refractivity contribution in [1.82, 2.24) is 9.97 Å². The SMILES string of the molecule is [C-]#[N+]c1c(N)nc(SCc2nc(-c3ccc(Cl)cc3)oc2CC)c(C#N)c1-c1ccc(OC[C@@H](O)CO)cc1. The third-order valence-corrected chi connectivity index (χ3v) is 6.96. The molecule has 0 saturated carbocycles. The number of rotatable bonds is 10. The van der Waals surface area contributed by atoms with Gasteiger partial charge in [-0.2, -0.15) is 5.26 Å². The van der Waals surface area contributed by atoms with Crippen molar-refractivity contribution >= 4 is 34.9 Å². The van der Waals surface area contributed by atoms with Crippen LogP contribution >= 0.6 is 23.4 Å². The van der Waals surface area contributed by atoms with Gasteiger partial charge in [-0.15, -0.1) is 0 Å². The van der Waals surface area contributed by atoms with E-state index in [1.54, 1.807) is 36.4 Å². The third kappa shape index (κ3) is 6.33. The number of nitrogens with zero attached hydrogens (tertiary/aromatic N) is 4. The maximum atomic E-state index is 10.1. The molecule has 0 fully saturated rings. The molecule has 2 aromatic heterocycles. The molecule has 0 aliphatic rings. The highest BCUT2D eigenvalue weighted by molar-refractivity contribution is 7.98. The number of nitrogen functional groups attached to an aromatic ring is 1. The molecule has 0 amide bonds. The van der Waals surface area contributed by atoms with Crippen LogP contribution in [0.1, 0.15) is 23.9 Å². The number of halogens is 1. The second kappa shape index (κ2) is 12.7. The van der Waals surface area contributed by atoms with Crippen LogP contribution in [-0.2, 0) is 12.2 Å². The van der Waals surface area contributed by atoms with E-state index in [0.29, 0.717) is 45.0 Å². The number of aliphatic hydroxyl groups excluding tert-OH is 2. The van der Waals surface area contributed by atoms with Crippen molar-refractivity contribution in [2.24, 2.45) is 0 Å². The molecule has 9 nitrogen and oxygen atoms in total. The summed E-state index contributed by atoms with van der Waals surface area (Å²) in [6.07, 6.45) is -0.369. The van der Waals surface area contributed by atoms with Gasteiger partial charge in [-0.25, -0.2) is 14.8 Å². The number of ether oxygens (including phenoxy) is 1. The zero-order valence-electron chi connectivity index (χ0n) is 20.9. The van der Waals surface area contributed by atoms with Gasteiger partial charge in [0, 0.05) is 28.3 Å². The number of hydrogen-bond donors (Lipinski definition) is 3. The summed E-state index contributed by atoms with van der Waals surface area (Å²) in [5.74, 6) is 2.05. The van der Waals surface area contributed by atoms with Crippen LogP contribution < -0.4 is 10.5 Å². The number of oxazole rings is 1. The fourth-order valence-electron chi connectivity index (χ4n) is 3.76. The molecule has 1 atom stereocenters. The summed E-state index contributed by atoms with van der Waals surface area (Å²) in [5, 5.41) is 29.6. The lowest BCUT2D eigenvalue weighted by Gasteiger charge is -2.14. The first kappa shape index (κ1) is 28.0. The van der Waals surface area contributed by atoms with Gasteiger partial charge in [0.15, 0.2) is 0 Å². The minimum atomic E-state index is -0.997. The zero-order valence-corrected chi connectivity index (χ0v) is 22.5. The van der Waals surface area contributed by atoms with E-state index in [2.05, 4.69) is 20.9 Å². The Bertz CT molecular complexity index is 1540. The molecule has 0 aliphatic carbocycles. The molecule has 0 bridgehead atoms. The Morgan fingerprint density at radius 3 is 2.49 bits per heavy atom. The number of anilines is 1. The van der Waals surface area contributed by atoms with Crippen LogP contribution in [0.15, 0.2) is 58.0 Å². The number of pyridine rings is 1. The minimum Gasteiger partial charge on any atom is -0.491 e. The monoisotopic (exact) mass is 561 g/mol. The van der Waals surface area contributed by atoms with E-state index in [1.807, 2.05) is 19.1 Å². The van der Waals surface area contributed by atoms with Gasteiger partial charge in [0.1, 0.15) is 41.1 Å². The molecule has 4 aromatic rings. The first-order chi connectivity index (χ1) is 18.9. The average molecular weight is 562 g/mol. The van der Waals surface area contributed by atoms with E-state index in [-0.39, 0.29) is 23.7 Å². The summed E-state index contributed by atoms with van der Waals surface area (Å²) in [5.41, 5.74) is 8.96. The molecule has 198 valence electrons. The lowest BCUT2D eigenvalue weighted by atomic mass is 10.00.